The van der Waals surface area contributed by atoms with Crippen LogP contribution in [0.5, 0.6) is 0 Å². The van der Waals surface area contributed by atoms with Gasteiger partial charge in [0.15, 0.2) is 0 Å². The number of anilines is 1. The Bertz CT molecular complexity index is 934. The van der Waals surface area contributed by atoms with Gasteiger partial charge >= 0.3 is 5.97 Å². The molecule has 0 bridgehead atoms. The summed E-state index contributed by atoms with van der Waals surface area (Å²) in [5.74, 6) is -1.77. The number of carboxylic acid groups (broad SMARTS) is 1. The van der Waals surface area contributed by atoms with E-state index in [0.717, 1.165) is 22.5 Å². The molecule has 0 aliphatic carbocycles. The zero-order chi connectivity index (χ0) is 18.6. The van der Waals surface area contributed by atoms with Crippen LogP contribution in [-0.4, -0.2) is 26.0 Å². The zero-order valence-corrected chi connectivity index (χ0v) is 14.1. The molecular formula is C17H15FN2O4S. The molecule has 0 heterocycles. The number of aryl methyl sites for hydroxylation is 1. The van der Waals surface area contributed by atoms with E-state index in [0.29, 0.717) is 5.56 Å². The summed E-state index contributed by atoms with van der Waals surface area (Å²) in [4.78, 5) is 11.0. The molecule has 25 heavy (non-hydrogen) atoms. The molecule has 1 N–H and O–H groups in total. The number of halogens is 1. The second-order valence-corrected chi connectivity index (χ2v) is 7.08. The molecule has 2 aromatic carbocycles. The predicted octanol–water partition coefficient (Wildman–Crippen LogP) is 2.94. The second-order valence-electron chi connectivity index (χ2n) is 5.25. The Morgan fingerprint density at radius 2 is 1.88 bits per heavy atom. The zero-order valence-electron chi connectivity index (χ0n) is 13.3. The van der Waals surface area contributed by atoms with Crippen LogP contribution in [0.3, 0.4) is 0 Å². The number of rotatable bonds is 6. The molecule has 2 aromatic rings. The van der Waals surface area contributed by atoms with Gasteiger partial charge in [0.05, 0.1) is 28.6 Å². The lowest BCUT2D eigenvalue weighted by Crippen LogP contribution is -2.32. The lowest BCUT2D eigenvalue weighted by atomic mass is 10.1. The van der Waals surface area contributed by atoms with Crippen LogP contribution in [0, 0.1) is 24.1 Å². The van der Waals surface area contributed by atoms with Gasteiger partial charge in [-0.15, -0.1) is 0 Å². The molecule has 0 atom stereocenters. The third kappa shape index (κ3) is 3.95. The maximum absolute atomic E-state index is 13.1. The molecule has 0 spiro atoms. The molecule has 0 radical (unpaired) electrons. The number of sulfonamides is 1. The fourth-order valence-electron chi connectivity index (χ4n) is 2.28. The first-order valence-corrected chi connectivity index (χ1v) is 8.70. The molecular weight excluding hydrogens is 347 g/mol. The number of hydrogen-bond donors (Lipinski definition) is 1. The first-order chi connectivity index (χ1) is 11.8. The lowest BCUT2D eigenvalue weighted by Gasteiger charge is -2.24. The molecule has 0 amide bonds. The van der Waals surface area contributed by atoms with Gasteiger partial charge in [-0.1, -0.05) is 6.07 Å². The van der Waals surface area contributed by atoms with Crippen molar-refractivity contribution in [2.24, 2.45) is 0 Å². The molecule has 0 fully saturated rings. The van der Waals surface area contributed by atoms with E-state index in [9.17, 15) is 17.6 Å². The number of hydrogen-bond acceptors (Lipinski definition) is 4. The van der Waals surface area contributed by atoms with Crippen molar-refractivity contribution in [1.29, 1.82) is 5.26 Å². The van der Waals surface area contributed by atoms with Crippen LogP contribution in [-0.2, 0) is 10.0 Å². The van der Waals surface area contributed by atoms with Crippen LogP contribution < -0.4 is 4.31 Å². The molecule has 0 saturated carbocycles. The van der Waals surface area contributed by atoms with Gasteiger partial charge < -0.3 is 5.11 Å². The van der Waals surface area contributed by atoms with Crippen molar-refractivity contribution in [3.8, 4) is 6.07 Å². The standard InChI is InChI=1S/C17H15FN2O4S/c1-12-3-4-13(17(21)22)11-16(12)25(23,24)20(10-2-9-19)15-7-5-14(18)6-8-15/h3-8,11H,2,10H2,1H3,(H,21,22). The maximum atomic E-state index is 13.1. The van der Waals surface area contributed by atoms with Gasteiger partial charge in [0.1, 0.15) is 5.82 Å². The van der Waals surface area contributed by atoms with Crippen molar-refractivity contribution in [3.63, 3.8) is 0 Å². The molecule has 0 unspecified atom stereocenters. The second kappa shape index (κ2) is 7.32. The van der Waals surface area contributed by atoms with Gasteiger partial charge in [0.2, 0.25) is 0 Å². The van der Waals surface area contributed by atoms with E-state index in [2.05, 4.69) is 0 Å². The van der Waals surface area contributed by atoms with Crippen LogP contribution >= 0.6 is 0 Å². The summed E-state index contributed by atoms with van der Waals surface area (Å²) in [6, 6.07) is 10.5. The molecule has 0 aliphatic heterocycles. The van der Waals surface area contributed by atoms with Crippen LogP contribution in [0.1, 0.15) is 22.3 Å². The third-order valence-corrected chi connectivity index (χ3v) is 5.51. The molecule has 0 aliphatic rings. The summed E-state index contributed by atoms with van der Waals surface area (Å²) in [5.41, 5.74) is 0.398. The lowest BCUT2D eigenvalue weighted by molar-refractivity contribution is 0.0696. The fourth-order valence-corrected chi connectivity index (χ4v) is 4.00. The van der Waals surface area contributed by atoms with Crippen molar-refractivity contribution in [3.05, 3.63) is 59.4 Å². The van der Waals surface area contributed by atoms with Gasteiger partial charge in [-0.25, -0.2) is 17.6 Å². The van der Waals surface area contributed by atoms with E-state index in [1.165, 1.54) is 24.3 Å². The van der Waals surface area contributed by atoms with E-state index in [-0.39, 0.29) is 29.1 Å². The van der Waals surface area contributed by atoms with E-state index in [4.69, 9.17) is 10.4 Å². The largest absolute Gasteiger partial charge is 0.478 e. The minimum Gasteiger partial charge on any atom is -0.478 e. The Kier molecular flexibility index (Phi) is 5.39. The number of carbonyl (C=O) groups is 1. The highest BCUT2D eigenvalue weighted by Gasteiger charge is 2.27. The highest BCUT2D eigenvalue weighted by molar-refractivity contribution is 7.92. The van der Waals surface area contributed by atoms with Crippen molar-refractivity contribution >= 4 is 21.7 Å². The van der Waals surface area contributed by atoms with Crippen molar-refractivity contribution < 1.29 is 22.7 Å². The first-order valence-electron chi connectivity index (χ1n) is 7.26. The normalized spacial score (nSPS) is 10.9. The molecule has 0 saturated heterocycles. The molecule has 2 rings (SSSR count). The monoisotopic (exact) mass is 362 g/mol. The fraction of sp³-hybridized carbons (Fsp3) is 0.176. The average Bonchev–Trinajstić information content (AvgIpc) is 2.56. The summed E-state index contributed by atoms with van der Waals surface area (Å²) < 4.78 is 40.2. The molecule has 0 aromatic heterocycles. The van der Waals surface area contributed by atoms with Gasteiger partial charge in [0.25, 0.3) is 10.0 Å². The van der Waals surface area contributed by atoms with Crippen LogP contribution in [0.25, 0.3) is 0 Å². The van der Waals surface area contributed by atoms with E-state index in [1.807, 2.05) is 6.07 Å². The van der Waals surface area contributed by atoms with E-state index in [1.54, 1.807) is 6.92 Å². The van der Waals surface area contributed by atoms with Gasteiger partial charge in [-0.05, 0) is 48.9 Å². The number of nitriles is 1. The van der Waals surface area contributed by atoms with Gasteiger partial charge in [-0.2, -0.15) is 5.26 Å². The Morgan fingerprint density at radius 3 is 2.44 bits per heavy atom. The van der Waals surface area contributed by atoms with E-state index >= 15 is 0 Å². The van der Waals surface area contributed by atoms with Crippen molar-refractivity contribution in [2.45, 2.75) is 18.2 Å². The number of nitrogens with zero attached hydrogens (tertiary/aromatic N) is 2. The number of aromatic carboxylic acids is 1. The first kappa shape index (κ1) is 18.4. The summed E-state index contributed by atoms with van der Waals surface area (Å²) in [6.07, 6.45) is -0.0751. The summed E-state index contributed by atoms with van der Waals surface area (Å²) in [7, 11) is -4.13. The minimum atomic E-state index is -4.13. The highest BCUT2D eigenvalue weighted by Crippen LogP contribution is 2.27. The topological polar surface area (TPSA) is 98.5 Å². The smallest absolute Gasteiger partial charge is 0.335 e. The van der Waals surface area contributed by atoms with E-state index < -0.39 is 21.8 Å². The Hall–Kier alpha value is -2.92. The number of carboxylic acids is 1. The van der Waals surface area contributed by atoms with Crippen LogP contribution in [0.2, 0.25) is 0 Å². The summed E-state index contributed by atoms with van der Waals surface area (Å²) in [5, 5.41) is 17.9. The van der Waals surface area contributed by atoms with Crippen LogP contribution in [0.4, 0.5) is 10.1 Å². The molecule has 130 valence electrons. The average molecular weight is 362 g/mol. The molecule has 6 nitrogen and oxygen atoms in total. The SMILES string of the molecule is Cc1ccc(C(=O)O)cc1S(=O)(=O)N(CCC#N)c1ccc(F)cc1. The molecule has 8 heteroatoms. The number of benzene rings is 2. The summed E-state index contributed by atoms with van der Waals surface area (Å²) >= 11 is 0. The Labute approximate surface area is 144 Å². The third-order valence-electron chi connectivity index (χ3n) is 3.54. The van der Waals surface area contributed by atoms with Gasteiger partial charge in [-0.3, -0.25) is 4.31 Å². The van der Waals surface area contributed by atoms with Gasteiger partial charge in [0, 0.05) is 6.54 Å². The maximum Gasteiger partial charge on any atom is 0.335 e. The minimum absolute atomic E-state index is 0.0751. The Balaban J connectivity index is 2.59. The quantitative estimate of drug-likeness (QED) is 0.852. The van der Waals surface area contributed by atoms with Crippen molar-refractivity contribution in [1.82, 2.24) is 0 Å². The highest BCUT2D eigenvalue weighted by atomic mass is 32.2. The summed E-state index contributed by atoms with van der Waals surface area (Å²) in [6.45, 7) is 1.41. The Morgan fingerprint density at radius 1 is 1.24 bits per heavy atom. The van der Waals surface area contributed by atoms with Crippen LogP contribution in [0.15, 0.2) is 47.4 Å². The van der Waals surface area contributed by atoms with Crippen molar-refractivity contribution in [2.75, 3.05) is 10.8 Å². The predicted molar refractivity (Wildman–Crippen MR) is 89.3 cm³/mol.